The van der Waals surface area contributed by atoms with Crippen molar-refractivity contribution < 1.29 is 13.2 Å². The van der Waals surface area contributed by atoms with Crippen molar-refractivity contribution >= 4 is 23.4 Å². The molecule has 0 aliphatic rings. The normalized spacial score (nSPS) is 11.9. The lowest BCUT2D eigenvalue weighted by molar-refractivity contribution is -0.137. The highest BCUT2D eigenvalue weighted by molar-refractivity contribution is 5.85. The van der Waals surface area contributed by atoms with Crippen molar-refractivity contribution in [1.29, 1.82) is 5.26 Å². The van der Waals surface area contributed by atoms with E-state index in [4.69, 9.17) is 0 Å². The number of pyridine rings is 1. The molecule has 1 aromatic carbocycles. The molecule has 4 aromatic rings. The van der Waals surface area contributed by atoms with Gasteiger partial charge in [-0.15, -0.1) is 12.4 Å². The molecule has 0 unspecified atom stereocenters. The fourth-order valence-electron chi connectivity index (χ4n) is 3.55. The number of hydrogen-bond donors (Lipinski definition) is 1. The van der Waals surface area contributed by atoms with Gasteiger partial charge in [-0.1, -0.05) is 39.0 Å². The predicted molar refractivity (Wildman–Crippen MR) is 117 cm³/mol. The van der Waals surface area contributed by atoms with Crippen molar-refractivity contribution in [2.45, 2.75) is 32.4 Å². The van der Waals surface area contributed by atoms with Crippen molar-refractivity contribution in [2.24, 2.45) is 7.05 Å². The first kappa shape index (κ1) is 23.3. The van der Waals surface area contributed by atoms with Gasteiger partial charge in [0, 0.05) is 18.0 Å². The van der Waals surface area contributed by atoms with E-state index in [1.165, 1.54) is 30.5 Å². The van der Waals surface area contributed by atoms with Crippen molar-refractivity contribution in [3.63, 3.8) is 0 Å². The lowest BCUT2D eigenvalue weighted by Crippen LogP contribution is -2.14. The van der Waals surface area contributed by atoms with Crippen molar-refractivity contribution in [3.05, 3.63) is 53.3 Å². The van der Waals surface area contributed by atoms with Gasteiger partial charge in [-0.3, -0.25) is 9.67 Å². The third kappa shape index (κ3) is 3.94. The molecule has 0 amide bonds. The number of halogens is 4. The van der Waals surface area contributed by atoms with Gasteiger partial charge < -0.3 is 4.98 Å². The minimum atomic E-state index is -4.50. The van der Waals surface area contributed by atoms with Gasteiger partial charge in [-0.25, -0.2) is 4.98 Å². The standard InChI is InChI=1S/C22H19F3N6.ClH/c1-21(2,3)19-13(10-26)18(31(4)30-19)20-28-16-9-15(27-11-17(16)29-20)12-7-5-6-8-14(12)22(23,24)25;/h5-9,11H,1-4H3,(H,28,29);1H. The quantitative estimate of drug-likeness (QED) is 0.420. The molecular weight excluding hydrogens is 441 g/mol. The molecule has 0 aliphatic heterocycles. The van der Waals surface area contributed by atoms with Crippen LogP contribution in [-0.4, -0.2) is 24.7 Å². The van der Waals surface area contributed by atoms with E-state index >= 15 is 0 Å². The summed E-state index contributed by atoms with van der Waals surface area (Å²) >= 11 is 0. The van der Waals surface area contributed by atoms with Crippen molar-refractivity contribution in [2.75, 3.05) is 0 Å². The maximum atomic E-state index is 13.4. The van der Waals surface area contributed by atoms with Crippen LogP contribution in [0.25, 0.3) is 33.8 Å². The van der Waals surface area contributed by atoms with Gasteiger partial charge in [0.15, 0.2) is 5.82 Å². The van der Waals surface area contributed by atoms with Gasteiger partial charge in [-0.2, -0.15) is 23.5 Å². The Bertz CT molecular complexity index is 1340. The van der Waals surface area contributed by atoms with E-state index in [2.05, 4.69) is 26.1 Å². The summed E-state index contributed by atoms with van der Waals surface area (Å²) in [5, 5.41) is 14.2. The van der Waals surface area contributed by atoms with Gasteiger partial charge >= 0.3 is 6.18 Å². The number of aromatic nitrogens is 5. The highest BCUT2D eigenvalue weighted by Crippen LogP contribution is 2.37. The van der Waals surface area contributed by atoms with Gasteiger partial charge in [0.05, 0.1) is 34.2 Å². The molecule has 0 saturated carbocycles. The average molecular weight is 461 g/mol. The minimum Gasteiger partial charge on any atom is -0.335 e. The first-order valence-electron chi connectivity index (χ1n) is 9.51. The first-order valence-corrected chi connectivity index (χ1v) is 9.51. The van der Waals surface area contributed by atoms with Gasteiger partial charge in [-0.05, 0) is 12.1 Å². The maximum Gasteiger partial charge on any atom is 0.417 e. The monoisotopic (exact) mass is 460 g/mol. The van der Waals surface area contributed by atoms with Crippen LogP contribution in [-0.2, 0) is 18.6 Å². The Morgan fingerprint density at radius 3 is 2.44 bits per heavy atom. The van der Waals surface area contributed by atoms with E-state index < -0.39 is 11.7 Å². The Balaban J connectivity index is 0.00000289. The Hall–Kier alpha value is -3.38. The molecule has 10 heteroatoms. The number of benzene rings is 1. The largest absolute Gasteiger partial charge is 0.417 e. The number of aromatic amines is 1. The van der Waals surface area contributed by atoms with Gasteiger partial charge in [0.2, 0.25) is 0 Å². The zero-order valence-corrected chi connectivity index (χ0v) is 18.6. The van der Waals surface area contributed by atoms with E-state index in [1.807, 2.05) is 20.8 Å². The van der Waals surface area contributed by atoms with Crippen LogP contribution in [0.2, 0.25) is 0 Å². The number of nitrogens with zero attached hydrogens (tertiary/aromatic N) is 5. The molecule has 3 heterocycles. The summed E-state index contributed by atoms with van der Waals surface area (Å²) in [7, 11) is 1.72. The average Bonchev–Trinajstić information content (AvgIpc) is 3.26. The Kier molecular flexibility index (Phi) is 5.78. The molecule has 0 spiro atoms. The fourth-order valence-corrected chi connectivity index (χ4v) is 3.55. The molecule has 4 rings (SSSR count). The van der Waals surface area contributed by atoms with Crippen molar-refractivity contribution in [3.8, 4) is 28.8 Å². The summed E-state index contributed by atoms with van der Waals surface area (Å²) in [6, 6.07) is 9.01. The number of alkyl halides is 3. The first-order chi connectivity index (χ1) is 14.5. The molecule has 0 aliphatic carbocycles. The minimum absolute atomic E-state index is 0. The van der Waals surface area contributed by atoms with Crippen LogP contribution in [0, 0.1) is 11.3 Å². The van der Waals surface area contributed by atoms with E-state index in [0.717, 1.165) is 6.07 Å². The Morgan fingerprint density at radius 2 is 1.81 bits per heavy atom. The van der Waals surface area contributed by atoms with E-state index in [1.54, 1.807) is 11.7 Å². The number of fused-ring (bicyclic) bond motifs is 1. The summed E-state index contributed by atoms with van der Waals surface area (Å²) in [4.78, 5) is 11.9. The second kappa shape index (κ2) is 7.95. The highest BCUT2D eigenvalue weighted by atomic mass is 35.5. The van der Waals surface area contributed by atoms with Crippen LogP contribution in [0.15, 0.2) is 36.5 Å². The molecule has 3 aromatic heterocycles. The second-order valence-electron chi connectivity index (χ2n) is 8.27. The molecular formula is C22H20ClF3N6. The molecule has 0 saturated heterocycles. The number of hydrogen-bond acceptors (Lipinski definition) is 4. The summed E-state index contributed by atoms with van der Waals surface area (Å²) in [6.45, 7) is 5.90. The van der Waals surface area contributed by atoms with Crippen LogP contribution in [0.5, 0.6) is 0 Å². The van der Waals surface area contributed by atoms with Crippen LogP contribution in [0.4, 0.5) is 13.2 Å². The number of nitriles is 1. The third-order valence-electron chi connectivity index (χ3n) is 4.97. The molecule has 166 valence electrons. The molecule has 6 nitrogen and oxygen atoms in total. The van der Waals surface area contributed by atoms with Crippen LogP contribution in [0.3, 0.4) is 0 Å². The number of rotatable bonds is 2. The van der Waals surface area contributed by atoms with Crippen molar-refractivity contribution in [1.82, 2.24) is 24.7 Å². The predicted octanol–water partition coefficient (Wildman–Crippen LogP) is 5.64. The summed E-state index contributed by atoms with van der Waals surface area (Å²) < 4.78 is 41.8. The lowest BCUT2D eigenvalue weighted by atomic mass is 9.89. The van der Waals surface area contributed by atoms with Crippen LogP contribution >= 0.6 is 12.4 Å². The van der Waals surface area contributed by atoms with Gasteiger partial charge in [0.1, 0.15) is 17.3 Å². The zero-order valence-electron chi connectivity index (χ0n) is 17.7. The Labute approximate surface area is 188 Å². The molecule has 0 bridgehead atoms. The molecule has 0 atom stereocenters. The fraction of sp³-hybridized carbons (Fsp3) is 0.273. The SMILES string of the molecule is Cl.Cn1nc(C(C)(C)C)c(C#N)c1-c1nc2cc(-c3ccccc3C(F)(F)F)ncc2[nH]1. The topological polar surface area (TPSA) is 83.2 Å². The molecule has 0 radical (unpaired) electrons. The lowest BCUT2D eigenvalue weighted by Gasteiger charge is -2.15. The zero-order chi connectivity index (χ0) is 22.6. The van der Waals surface area contributed by atoms with Crippen LogP contribution < -0.4 is 0 Å². The molecule has 1 N–H and O–H groups in total. The summed E-state index contributed by atoms with van der Waals surface area (Å²) in [6.07, 6.45) is -3.05. The summed E-state index contributed by atoms with van der Waals surface area (Å²) in [5.74, 6) is 0.403. The number of nitrogens with one attached hydrogen (secondary N) is 1. The number of imidazole rings is 1. The van der Waals surface area contributed by atoms with Crippen LogP contribution in [0.1, 0.15) is 37.6 Å². The molecule has 32 heavy (non-hydrogen) atoms. The number of H-pyrrole nitrogens is 1. The van der Waals surface area contributed by atoms with E-state index in [0.29, 0.717) is 33.8 Å². The highest BCUT2D eigenvalue weighted by Gasteiger charge is 2.34. The van der Waals surface area contributed by atoms with E-state index in [9.17, 15) is 18.4 Å². The summed E-state index contributed by atoms with van der Waals surface area (Å²) in [5.41, 5.74) is 1.60. The maximum absolute atomic E-state index is 13.4. The second-order valence-corrected chi connectivity index (χ2v) is 8.27. The smallest absolute Gasteiger partial charge is 0.335 e. The van der Waals surface area contributed by atoms with E-state index in [-0.39, 0.29) is 29.1 Å². The molecule has 0 fully saturated rings. The Morgan fingerprint density at radius 1 is 1.12 bits per heavy atom. The van der Waals surface area contributed by atoms with Gasteiger partial charge in [0.25, 0.3) is 0 Å². The number of aryl methyl sites for hydroxylation is 1. The third-order valence-corrected chi connectivity index (χ3v) is 4.97.